The molecule has 2 aromatic carbocycles. The summed E-state index contributed by atoms with van der Waals surface area (Å²) in [5, 5.41) is 14.3. The summed E-state index contributed by atoms with van der Waals surface area (Å²) < 4.78 is 11.3. The maximum absolute atomic E-state index is 12.2. The molecule has 3 unspecified atom stereocenters. The zero-order chi connectivity index (χ0) is 26.6. The number of rotatable bonds is 12. The Balaban J connectivity index is 1.31. The van der Waals surface area contributed by atoms with Crippen LogP contribution in [0.4, 0.5) is 0 Å². The quantitative estimate of drug-likeness (QED) is 0.322. The number of benzene rings is 2. The first kappa shape index (κ1) is 27.8. The van der Waals surface area contributed by atoms with Gasteiger partial charge in [-0.25, -0.2) is 4.79 Å². The Hall–Kier alpha value is -2.21. The van der Waals surface area contributed by atoms with Crippen molar-refractivity contribution in [3.05, 3.63) is 59.2 Å². The Morgan fingerprint density at radius 1 is 1.16 bits per heavy atom. The van der Waals surface area contributed by atoms with Crippen LogP contribution < -0.4 is 5.32 Å². The summed E-state index contributed by atoms with van der Waals surface area (Å²) in [6.07, 6.45) is 6.11. The molecule has 0 heterocycles. The third-order valence-electron chi connectivity index (χ3n) is 8.44. The van der Waals surface area contributed by atoms with Crippen LogP contribution in [0.25, 0.3) is 11.1 Å². The number of aliphatic hydroxyl groups is 1. The van der Waals surface area contributed by atoms with Crippen molar-refractivity contribution in [2.24, 2.45) is 17.8 Å². The van der Waals surface area contributed by atoms with Gasteiger partial charge in [-0.1, -0.05) is 42.8 Å². The number of aryl methyl sites for hydroxylation is 1. The predicted molar refractivity (Wildman–Crippen MR) is 149 cm³/mol. The van der Waals surface area contributed by atoms with E-state index in [4.69, 9.17) is 9.47 Å². The topological polar surface area (TPSA) is 67.8 Å². The molecule has 4 rings (SSSR count). The third kappa shape index (κ3) is 7.01. The SMILES string of the molecule is CCOC(=O)c1ccc(-c2ccccc2C(C)OC[C@H](O)CNC(C)(C)C[C@H]2CC3CCC2C3)cc1C. The van der Waals surface area contributed by atoms with Crippen LogP contribution in [0.3, 0.4) is 0 Å². The summed E-state index contributed by atoms with van der Waals surface area (Å²) in [4.78, 5) is 12.2. The number of ether oxygens (including phenoxy) is 2. The highest BCUT2D eigenvalue weighted by atomic mass is 16.5. The minimum absolute atomic E-state index is 0.0158. The number of β-amino-alcohol motifs (C(OH)–C–C–N with tert-alkyl or cyclic N) is 1. The maximum Gasteiger partial charge on any atom is 0.338 e. The summed E-state index contributed by atoms with van der Waals surface area (Å²) in [6, 6.07) is 14.0. The molecule has 37 heavy (non-hydrogen) atoms. The lowest BCUT2D eigenvalue weighted by atomic mass is 9.80. The van der Waals surface area contributed by atoms with Gasteiger partial charge in [0.05, 0.1) is 31.0 Å². The molecule has 0 amide bonds. The van der Waals surface area contributed by atoms with Crippen LogP contribution in [0.1, 0.15) is 87.4 Å². The van der Waals surface area contributed by atoms with Crippen molar-refractivity contribution in [3.63, 3.8) is 0 Å². The minimum Gasteiger partial charge on any atom is -0.462 e. The van der Waals surface area contributed by atoms with Gasteiger partial charge in [0.15, 0.2) is 0 Å². The summed E-state index contributed by atoms with van der Waals surface area (Å²) in [7, 11) is 0. The molecule has 2 aliphatic carbocycles. The smallest absolute Gasteiger partial charge is 0.338 e. The second-order valence-corrected chi connectivity index (χ2v) is 11.9. The van der Waals surface area contributed by atoms with Crippen molar-refractivity contribution in [1.82, 2.24) is 5.32 Å². The van der Waals surface area contributed by atoms with E-state index in [-0.39, 0.29) is 24.2 Å². The van der Waals surface area contributed by atoms with Gasteiger partial charge in [0.1, 0.15) is 0 Å². The summed E-state index contributed by atoms with van der Waals surface area (Å²) in [5.41, 5.74) is 4.64. The molecule has 5 atom stereocenters. The molecule has 0 aliphatic heterocycles. The predicted octanol–water partition coefficient (Wildman–Crippen LogP) is 6.47. The molecule has 2 aliphatic rings. The maximum atomic E-state index is 12.2. The third-order valence-corrected chi connectivity index (χ3v) is 8.44. The molecule has 2 fully saturated rings. The molecular weight excluding hydrogens is 462 g/mol. The molecule has 2 aromatic rings. The van der Waals surface area contributed by atoms with E-state index in [9.17, 15) is 9.90 Å². The first-order valence-electron chi connectivity index (χ1n) is 14.1. The Morgan fingerprint density at radius 2 is 1.95 bits per heavy atom. The zero-order valence-electron chi connectivity index (χ0n) is 23.3. The zero-order valence-corrected chi connectivity index (χ0v) is 23.3. The van der Waals surface area contributed by atoms with E-state index in [1.165, 1.54) is 32.1 Å². The Morgan fingerprint density at radius 3 is 2.62 bits per heavy atom. The molecule has 202 valence electrons. The molecule has 2 N–H and O–H groups in total. The lowest BCUT2D eigenvalue weighted by Crippen LogP contribution is -2.46. The summed E-state index contributed by atoms with van der Waals surface area (Å²) >= 11 is 0. The molecule has 2 bridgehead atoms. The lowest BCUT2D eigenvalue weighted by Gasteiger charge is -2.34. The van der Waals surface area contributed by atoms with Gasteiger partial charge in [-0.3, -0.25) is 0 Å². The highest BCUT2D eigenvalue weighted by Crippen LogP contribution is 2.50. The van der Waals surface area contributed by atoms with Crippen LogP contribution >= 0.6 is 0 Å². The lowest BCUT2D eigenvalue weighted by molar-refractivity contribution is -0.00459. The van der Waals surface area contributed by atoms with E-state index < -0.39 is 6.10 Å². The number of fused-ring (bicyclic) bond motifs is 2. The van der Waals surface area contributed by atoms with Gasteiger partial charge in [0, 0.05) is 12.1 Å². The first-order valence-corrected chi connectivity index (χ1v) is 14.1. The van der Waals surface area contributed by atoms with Crippen LogP contribution in [0.2, 0.25) is 0 Å². The van der Waals surface area contributed by atoms with E-state index in [1.54, 1.807) is 0 Å². The Kier molecular flexibility index (Phi) is 9.10. The van der Waals surface area contributed by atoms with E-state index in [0.717, 1.165) is 40.0 Å². The van der Waals surface area contributed by atoms with Crippen LogP contribution in [-0.2, 0) is 9.47 Å². The number of hydrogen-bond donors (Lipinski definition) is 2. The fraction of sp³-hybridized carbons (Fsp3) is 0.594. The largest absolute Gasteiger partial charge is 0.462 e. The number of nitrogens with one attached hydrogen (secondary N) is 1. The second-order valence-electron chi connectivity index (χ2n) is 11.9. The molecule has 0 aromatic heterocycles. The first-order chi connectivity index (χ1) is 17.7. The van der Waals surface area contributed by atoms with Crippen LogP contribution in [0, 0.1) is 24.7 Å². The molecule has 0 radical (unpaired) electrons. The number of carbonyl (C=O) groups is 1. The fourth-order valence-electron chi connectivity index (χ4n) is 6.54. The van der Waals surface area contributed by atoms with Gasteiger partial charge in [0.25, 0.3) is 0 Å². The average Bonchev–Trinajstić information content (AvgIpc) is 3.49. The highest BCUT2D eigenvalue weighted by molar-refractivity contribution is 5.92. The van der Waals surface area contributed by atoms with Crippen LogP contribution in [0.5, 0.6) is 0 Å². The summed E-state index contributed by atoms with van der Waals surface area (Å²) in [6.45, 7) is 11.5. The normalized spacial score (nSPS) is 22.7. The van der Waals surface area contributed by atoms with Crippen LogP contribution in [-0.4, -0.2) is 42.5 Å². The van der Waals surface area contributed by atoms with Crippen molar-refractivity contribution in [2.45, 2.75) is 84.5 Å². The Bertz CT molecular complexity index is 1060. The van der Waals surface area contributed by atoms with Gasteiger partial charge >= 0.3 is 5.97 Å². The number of esters is 1. The van der Waals surface area contributed by atoms with Gasteiger partial charge in [-0.15, -0.1) is 0 Å². The van der Waals surface area contributed by atoms with Gasteiger partial charge < -0.3 is 19.9 Å². The monoisotopic (exact) mass is 507 g/mol. The number of carbonyl (C=O) groups excluding carboxylic acids is 1. The minimum atomic E-state index is -0.569. The van der Waals surface area contributed by atoms with Crippen molar-refractivity contribution < 1.29 is 19.4 Å². The average molecular weight is 508 g/mol. The number of aliphatic hydroxyl groups excluding tert-OH is 1. The molecule has 5 heteroatoms. The van der Waals surface area contributed by atoms with Crippen molar-refractivity contribution in [3.8, 4) is 11.1 Å². The van der Waals surface area contributed by atoms with E-state index >= 15 is 0 Å². The molecule has 2 saturated carbocycles. The van der Waals surface area contributed by atoms with Gasteiger partial charge in [-0.2, -0.15) is 0 Å². The standard InChI is InChI=1S/C32H45NO4/c1-6-36-31(35)28-14-13-25(15-21(28)2)30-10-8-7-9-29(30)22(3)37-20-27(34)19-33-32(4,5)18-26-17-23-11-12-24(26)16-23/h7-10,13-15,22-24,26-27,33-34H,6,11-12,16-20H2,1-5H3/t22?,23?,24?,26-,27-/m1/s1. The fourth-order valence-corrected chi connectivity index (χ4v) is 6.54. The van der Waals surface area contributed by atoms with Crippen molar-refractivity contribution in [1.29, 1.82) is 0 Å². The molecule has 5 nitrogen and oxygen atoms in total. The Labute approximate surface area is 223 Å². The number of hydrogen-bond acceptors (Lipinski definition) is 5. The van der Waals surface area contributed by atoms with Crippen molar-refractivity contribution >= 4 is 5.97 Å². The van der Waals surface area contributed by atoms with E-state index in [2.05, 4.69) is 31.3 Å². The second kappa shape index (κ2) is 12.1. The molecule has 0 spiro atoms. The van der Waals surface area contributed by atoms with Crippen LogP contribution in [0.15, 0.2) is 42.5 Å². The van der Waals surface area contributed by atoms with E-state index in [1.807, 2.05) is 51.1 Å². The van der Waals surface area contributed by atoms with E-state index in [0.29, 0.717) is 18.7 Å². The highest BCUT2D eigenvalue weighted by Gasteiger charge is 2.41. The van der Waals surface area contributed by atoms with Gasteiger partial charge in [0.2, 0.25) is 0 Å². The molecular formula is C32H45NO4. The summed E-state index contributed by atoms with van der Waals surface area (Å²) in [5.74, 6) is 2.43. The van der Waals surface area contributed by atoms with Gasteiger partial charge in [-0.05, 0) is 106 Å². The molecule has 0 saturated heterocycles. The van der Waals surface area contributed by atoms with Crippen molar-refractivity contribution in [2.75, 3.05) is 19.8 Å².